The van der Waals surface area contributed by atoms with Crippen molar-refractivity contribution in [3.63, 3.8) is 0 Å². The Labute approximate surface area is 138 Å². The van der Waals surface area contributed by atoms with Gasteiger partial charge in [-0.3, -0.25) is 14.4 Å². The van der Waals surface area contributed by atoms with E-state index in [0.29, 0.717) is 25.9 Å². The third kappa shape index (κ3) is 5.22. The van der Waals surface area contributed by atoms with Crippen molar-refractivity contribution in [1.82, 2.24) is 15.1 Å². The minimum absolute atomic E-state index is 0.00702. The van der Waals surface area contributed by atoms with Gasteiger partial charge < -0.3 is 15.1 Å². The SMILES string of the molecule is CN(CC(=O)NC(C)(C)C)C(=O)C1CCN(C(=O)C2CC2)CC1. The lowest BCUT2D eigenvalue weighted by molar-refractivity contribution is -0.142. The molecule has 0 unspecified atom stereocenters. The summed E-state index contributed by atoms with van der Waals surface area (Å²) in [5, 5.41) is 2.86. The fourth-order valence-corrected chi connectivity index (χ4v) is 3.00. The molecular formula is C17H29N3O3. The van der Waals surface area contributed by atoms with Gasteiger partial charge in [-0.2, -0.15) is 0 Å². The minimum atomic E-state index is -0.296. The van der Waals surface area contributed by atoms with Crippen LogP contribution in [-0.2, 0) is 14.4 Å². The van der Waals surface area contributed by atoms with Gasteiger partial charge in [0.15, 0.2) is 0 Å². The Hall–Kier alpha value is -1.59. The summed E-state index contributed by atoms with van der Waals surface area (Å²) in [6.07, 6.45) is 3.43. The lowest BCUT2D eigenvalue weighted by Gasteiger charge is -2.33. The van der Waals surface area contributed by atoms with E-state index in [-0.39, 0.29) is 41.6 Å². The van der Waals surface area contributed by atoms with Crippen molar-refractivity contribution in [2.24, 2.45) is 11.8 Å². The maximum Gasteiger partial charge on any atom is 0.240 e. The lowest BCUT2D eigenvalue weighted by atomic mass is 9.95. The smallest absolute Gasteiger partial charge is 0.240 e. The van der Waals surface area contributed by atoms with Crippen molar-refractivity contribution in [3.8, 4) is 0 Å². The summed E-state index contributed by atoms with van der Waals surface area (Å²) < 4.78 is 0. The zero-order valence-electron chi connectivity index (χ0n) is 14.7. The highest BCUT2D eigenvalue weighted by atomic mass is 16.2. The maximum absolute atomic E-state index is 12.5. The summed E-state index contributed by atoms with van der Waals surface area (Å²) >= 11 is 0. The monoisotopic (exact) mass is 323 g/mol. The van der Waals surface area contributed by atoms with Crippen LogP contribution in [0.25, 0.3) is 0 Å². The second kappa shape index (κ2) is 6.89. The van der Waals surface area contributed by atoms with Crippen molar-refractivity contribution >= 4 is 17.7 Å². The molecule has 1 aliphatic carbocycles. The van der Waals surface area contributed by atoms with Gasteiger partial charge in [-0.25, -0.2) is 0 Å². The van der Waals surface area contributed by atoms with Gasteiger partial charge in [0.25, 0.3) is 0 Å². The molecule has 6 nitrogen and oxygen atoms in total. The normalized spacial score (nSPS) is 19.4. The summed E-state index contributed by atoms with van der Waals surface area (Å²) in [4.78, 5) is 39.8. The second-order valence-corrected chi connectivity index (χ2v) is 7.87. The van der Waals surface area contributed by atoms with Crippen LogP contribution in [0, 0.1) is 11.8 Å². The van der Waals surface area contributed by atoms with Gasteiger partial charge in [0, 0.05) is 37.5 Å². The van der Waals surface area contributed by atoms with Gasteiger partial charge in [-0.15, -0.1) is 0 Å². The quantitative estimate of drug-likeness (QED) is 0.839. The van der Waals surface area contributed by atoms with E-state index in [4.69, 9.17) is 0 Å². The van der Waals surface area contributed by atoms with Gasteiger partial charge in [0.1, 0.15) is 0 Å². The highest BCUT2D eigenvalue weighted by Crippen LogP contribution is 2.32. The first-order chi connectivity index (χ1) is 10.7. The molecule has 2 aliphatic rings. The van der Waals surface area contributed by atoms with E-state index in [1.807, 2.05) is 25.7 Å². The molecule has 130 valence electrons. The van der Waals surface area contributed by atoms with Crippen LogP contribution in [-0.4, -0.2) is 59.7 Å². The van der Waals surface area contributed by atoms with Crippen molar-refractivity contribution in [3.05, 3.63) is 0 Å². The van der Waals surface area contributed by atoms with E-state index >= 15 is 0 Å². The predicted molar refractivity (Wildman–Crippen MR) is 87.6 cm³/mol. The molecule has 0 aromatic carbocycles. The number of nitrogens with zero attached hydrogens (tertiary/aromatic N) is 2. The Bertz CT molecular complexity index is 472. The standard InChI is InChI=1S/C17H29N3O3/c1-17(2,3)18-14(21)11-19(4)15(22)13-7-9-20(10-8-13)16(23)12-5-6-12/h12-13H,5-11H2,1-4H3,(H,18,21). The number of hydrogen-bond acceptors (Lipinski definition) is 3. The molecule has 23 heavy (non-hydrogen) atoms. The van der Waals surface area contributed by atoms with Gasteiger partial charge in [0.05, 0.1) is 6.54 Å². The molecule has 6 heteroatoms. The van der Waals surface area contributed by atoms with Crippen LogP contribution in [0.5, 0.6) is 0 Å². The second-order valence-electron chi connectivity index (χ2n) is 7.87. The molecule has 1 N–H and O–H groups in total. The average Bonchev–Trinajstić information content (AvgIpc) is 3.28. The molecule has 1 heterocycles. The van der Waals surface area contributed by atoms with E-state index in [1.54, 1.807) is 7.05 Å². The van der Waals surface area contributed by atoms with Crippen LogP contribution in [0.2, 0.25) is 0 Å². The van der Waals surface area contributed by atoms with E-state index in [1.165, 1.54) is 4.90 Å². The zero-order valence-corrected chi connectivity index (χ0v) is 14.7. The Morgan fingerprint density at radius 3 is 2.09 bits per heavy atom. The number of rotatable bonds is 4. The van der Waals surface area contributed by atoms with Crippen molar-refractivity contribution in [2.75, 3.05) is 26.7 Å². The molecule has 2 fully saturated rings. The topological polar surface area (TPSA) is 69.7 Å². The van der Waals surface area contributed by atoms with Crippen LogP contribution in [0.4, 0.5) is 0 Å². The largest absolute Gasteiger partial charge is 0.350 e. The first-order valence-electron chi connectivity index (χ1n) is 8.52. The summed E-state index contributed by atoms with van der Waals surface area (Å²) in [5.74, 6) is 0.285. The zero-order chi connectivity index (χ0) is 17.2. The molecule has 1 aliphatic heterocycles. The highest BCUT2D eigenvalue weighted by Gasteiger charge is 2.36. The number of likely N-dealkylation sites (N-methyl/N-ethyl adjacent to an activating group) is 1. The fraction of sp³-hybridized carbons (Fsp3) is 0.824. The van der Waals surface area contributed by atoms with Gasteiger partial charge >= 0.3 is 0 Å². The van der Waals surface area contributed by atoms with Gasteiger partial charge in [-0.1, -0.05) is 0 Å². The molecule has 0 bridgehead atoms. The van der Waals surface area contributed by atoms with Gasteiger partial charge in [-0.05, 0) is 46.5 Å². The van der Waals surface area contributed by atoms with E-state index in [0.717, 1.165) is 12.8 Å². The molecular weight excluding hydrogens is 294 g/mol. The van der Waals surface area contributed by atoms with Crippen LogP contribution in [0.3, 0.4) is 0 Å². The summed E-state index contributed by atoms with van der Waals surface area (Å²) in [6, 6.07) is 0. The number of carbonyl (C=O) groups excluding carboxylic acids is 3. The number of amides is 3. The fourth-order valence-electron chi connectivity index (χ4n) is 3.00. The minimum Gasteiger partial charge on any atom is -0.350 e. The molecule has 1 saturated heterocycles. The molecule has 0 radical (unpaired) electrons. The summed E-state index contributed by atoms with van der Waals surface area (Å²) in [7, 11) is 1.67. The average molecular weight is 323 g/mol. The molecule has 0 aromatic rings. The summed E-state index contributed by atoms with van der Waals surface area (Å²) in [5.41, 5.74) is -0.296. The van der Waals surface area contributed by atoms with E-state index in [2.05, 4.69) is 5.32 Å². The Morgan fingerprint density at radius 1 is 1.04 bits per heavy atom. The number of likely N-dealkylation sites (tertiary alicyclic amines) is 1. The predicted octanol–water partition coefficient (Wildman–Crippen LogP) is 1.01. The molecule has 0 atom stereocenters. The third-order valence-corrected chi connectivity index (χ3v) is 4.35. The number of hydrogen-bond donors (Lipinski definition) is 1. The van der Waals surface area contributed by atoms with E-state index < -0.39 is 0 Å². The van der Waals surface area contributed by atoms with Crippen molar-refractivity contribution < 1.29 is 14.4 Å². The number of piperidine rings is 1. The molecule has 2 rings (SSSR count). The maximum atomic E-state index is 12.5. The summed E-state index contributed by atoms with van der Waals surface area (Å²) in [6.45, 7) is 7.15. The lowest BCUT2D eigenvalue weighted by Crippen LogP contribution is -2.48. The van der Waals surface area contributed by atoms with Crippen LogP contribution in [0.15, 0.2) is 0 Å². The molecule has 3 amide bonds. The van der Waals surface area contributed by atoms with Gasteiger partial charge in [0.2, 0.25) is 17.7 Å². The third-order valence-electron chi connectivity index (χ3n) is 4.35. The first-order valence-corrected chi connectivity index (χ1v) is 8.52. The van der Waals surface area contributed by atoms with E-state index in [9.17, 15) is 14.4 Å². The molecule has 1 saturated carbocycles. The number of carbonyl (C=O) groups is 3. The van der Waals surface area contributed by atoms with Crippen LogP contribution >= 0.6 is 0 Å². The van der Waals surface area contributed by atoms with Crippen molar-refractivity contribution in [2.45, 2.75) is 52.0 Å². The molecule has 0 spiro atoms. The first kappa shape index (κ1) is 17.8. The molecule has 0 aromatic heterocycles. The Morgan fingerprint density at radius 2 is 1.61 bits per heavy atom. The Balaban J connectivity index is 1.77. The highest BCUT2D eigenvalue weighted by molar-refractivity contribution is 5.86. The van der Waals surface area contributed by atoms with Crippen LogP contribution < -0.4 is 5.32 Å². The Kier molecular flexibility index (Phi) is 5.32. The van der Waals surface area contributed by atoms with Crippen LogP contribution in [0.1, 0.15) is 46.5 Å². The van der Waals surface area contributed by atoms with Crippen molar-refractivity contribution in [1.29, 1.82) is 0 Å². The number of nitrogens with one attached hydrogen (secondary N) is 1.